The molecule has 0 fully saturated rings. The second kappa shape index (κ2) is 7.85. The number of Topliss-reactive ketones (excluding diaryl/α,β-unsaturated/α-hetero) is 2. The van der Waals surface area contributed by atoms with Crippen LogP contribution in [0.15, 0.2) is 30.3 Å². The average Bonchev–Trinajstić information content (AvgIpc) is 2.15. The number of benzene rings is 1. The molecular weight excluding hydrogens is 220 g/mol. The second-order valence-corrected chi connectivity index (χ2v) is 3.02. The van der Waals surface area contributed by atoms with Gasteiger partial charge in [-0.2, -0.15) is 0 Å². The van der Waals surface area contributed by atoms with Gasteiger partial charge in [0.15, 0.2) is 5.78 Å². The third-order valence-corrected chi connectivity index (χ3v) is 1.59. The molecule has 0 bridgehead atoms. The maximum absolute atomic E-state index is 11.1. The number of carbonyl (C=O) groups is 2. The van der Waals surface area contributed by atoms with E-state index in [1.54, 1.807) is 12.1 Å². The van der Waals surface area contributed by atoms with Crippen LogP contribution in [-0.4, -0.2) is 55.9 Å². The number of ketones is 2. The minimum absolute atomic E-state index is 0. The van der Waals surface area contributed by atoms with Gasteiger partial charge in [-0.05, 0) is 19.1 Å². The van der Waals surface area contributed by atoms with Gasteiger partial charge in [-0.25, -0.2) is 0 Å². The van der Waals surface area contributed by atoms with Gasteiger partial charge in [0.05, 0.1) is 6.42 Å². The van der Waals surface area contributed by atoms with Crippen LogP contribution >= 0.6 is 0 Å². The van der Waals surface area contributed by atoms with Gasteiger partial charge in [0.1, 0.15) is 18.1 Å². The van der Waals surface area contributed by atoms with E-state index in [0.29, 0.717) is 5.75 Å². The molecule has 78 valence electrons. The number of ether oxygens (including phenoxy) is 1. The van der Waals surface area contributed by atoms with E-state index >= 15 is 0 Å². The fourth-order valence-electron chi connectivity index (χ4n) is 1.01. The first-order valence-corrected chi connectivity index (χ1v) is 4.37. The van der Waals surface area contributed by atoms with Crippen molar-refractivity contribution in [1.82, 2.24) is 0 Å². The molecule has 3 nitrogen and oxygen atoms in total. The summed E-state index contributed by atoms with van der Waals surface area (Å²) in [6.45, 7) is 1.35. The molecule has 0 aliphatic heterocycles. The van der Waals surface area contributed by atoms with Crippen LogP contribution in [0, 0.1) is 0 Å². The second-order valence-electron chi connectivity index (χ2n) is 3.02. The standard InChI is InChI=1S/C11H12O3.Ca.2H/c1-9(12)7-10(13)8-14-11-5-3-2-4-6-11;;;/h2-6H,7-8H2,1H3;;;. The van der Waals surface area contributed by atoms with Gasteiger partial charge < -0.3 is 4.74 Å². The van der Waals surface area contributed by atoms with Crippen molar-refractivity contribution in [3.05, 3.63) is 30.3 Å². The fraction of sp³-hybridized carbons (Fsp3) is 0.273. The topological polar surface area (TPSA) is 43.4 Å². The first-order chi connectivity index (χ1) is 6.68. The molecule has 1 rings (SSSR count). The van der Waals surface area contributed by atoms with Gasteiger partial charge in [0.2, 0.25) is 0 Å². The molecule has 0 amide bonds. The Balaban J connectivity index is 0.00000196. The van der Waals surface area contributed by atoms with Crippen molar-refractivity contribution in [2.24, 2.45) is 0 Å². The summed E-state index contributed by atoms with van der Waals surface area (Å²) >= 11 is 0. The molecule has 0 aliphatic rings. The third-order valence-electron chi connectivity index (χ3n) is 1.59. The average molecular weight is 234 g/mol. The number of hydrogen-bond acceptors (Lipinski definition) is 3. The summed E-state index contributed by atoms with van der Waals surface area (Å²) in [7, 11) is 0. The summed E-state index contributed by atoms with van der Waals surface area (Å²) < 4.78 is 5.17. The number of carbonyl (C=O) groups excluding carboxylic acids is 2. The van der Waals surface area contributed by atoms with Crippen LogP contribution in [0.1, 0.15) is 13.3 Å². The van der Waals surface area contributed by atoms with E-state index in [1.807, 2.05) is 18.2 Å². The molecular formula is C11H14CaO3. The fourth-order valence-corrected chi connectivity index (χ4v) is 1.01. The van der Waals surface area contributed by atoms with Crippen LogP contribution in [0.3, 0.4) is 0 Å². The summed E-state index contributed by atoms with van der Waals surface area (Å²) in [5, 5.41) is 0. The van der Waals surface area contributed by atoms with Gasteiger partial charge in [-0.1, -0.05) is 18.2 Å². The van der Waals surface area contributed by atoms with Crippen LogP contribution in [0.5, 0.6) is 5.75 Å². The van der Waals surface area contributed by atoms with Crippen LogP contribution < -0.4 is 4.74 Å². The Hall–Kier alpha value is -0.380. The first kappa shape index (κ1) is 14.6. The van der Waals surface area contributed by atoms with Crippen molar-refractivity contribution in [3.63, 3.8) is 0 Å². The zero-order valence-electron chi connectivity index (χ0n) is 8.03. The summed E-state index contributed by atoms with van der Waals surface area (Å²) in [5.41, 5.74) is 0. The Bertz CT molecular complexity index is 322. The summed E-state index contributed by atoms with van der Waals surface area (Å²) in [6, 6.07) is 9.04. The van der Waals surface area contributed by atoms with Crippen LogP contribution in [0.2, 0.25) is 0 Å². The van der Waals surface area contributed by atoms with Gasteiger partial charge in [0.25, 0.3) is 0 Å². The molecule has 0 radical (unpaired) electrons. The molecule has 0 N–H and O–H groups in total. The van der Waals surface area contributed by atoms with Gasteiger partial charge in [-0.15, -0.1) is 0 Å². The number of rotatable bonds is 5. The molecule has 1 aromatic carbocycles. The summed E-state index contributed by atoms with van der Waals surface area (Å²) in [4.78, 5) is 21.7. The Morgan fingerprint density at radius 1 is 1.20 bits per heavy atom. The normalized spacial score (nSPS) is 8.87. The van der Waals surface area contributed by atoms with Crippen molar-refractivity contribution in [2.45, 2.75) is 13.3 Å². The van der Waals surface area contributed by atoms with E-state index in [2.05, 4.69) is 0 Å². The van der Waals surface area contributed by atoms with Crippen molar-refractivity contribution < 1.29 is 14.3 Å². The third kappa shape index (κ3) is 6.66. The predicted octanol–water partition coefficient (Wildman–Crippen LogP) is 0.697. The quantitative estimate of drug-likeness (QED) is 0.556. The van der Waals surface area contributed by atoms with E-state index in [0.717, 1.165) is 0 Å². The van der Waals surface area contributed by atoms with Gasteiger partial charge in [0, 0.05) is 0 Å². The molecule has 15 heavy (non-hydrogen) atoms. The Kier molecular flexibility index (Phi) is 7.65. The zero-order valence-corrected chi connectivity index (χ0v) is 8.03. The van der Waals surface area contributed by atoms with Crippen molar-refractivity contribution in [1.29, 1.82) is 0 Å². The Morgan fingerprint density at radius 2 is 1.80 bits per heavy atom. The molecule has 0 aliphatic carbocycles. The molecule has 1 aromatic rings. The van der Waals surface area contributed by atoms with Crippen molar-refractivity contribution in [2.75, 3.05) is 6.61 Å². The van der Waals surface area contributed by atoms with Crippen LogP contribution in [-0.2, 0) is 9.59 Å². The SMILES string of the molecule is CC(=O)CC(=O)COc1ccccc1.[CaH2]. The molecule has 0 aromatic heterocycles. The molecule has 0 saturated carbocycles. The van der Waals surface area contributed by atoms with E-state index in [4.69, 9.17) is 4.74 Å². The maximum atomic E-state index is 11.1. The number of hydrogen-bond donors (Lipinski definition) is 0. The molecule has 0 unspecified atom stereocenters. The molecule has 0 heterocycles. The van der Waals surface area contributed by atoms with E-state index in [-0.39, 0.29) is 62.3 Å². The zero-order chi connectivity index (χ0) is 10.4. The molecule has 0 saturated heterocycles. The van der Waals surface area contributed by atoms with E-state index in [9.17, 15) is 9.59 Å². The van der Waals surface area contributed by atoms with E-state index in [1.165, 1.54) is 6.92 Å². The number of para-hydroxylation sites is 1. The summed E-state index contributed by atoms with van der Waals surface area (Å²) in [5.74, 6) is 0.317. The van der Waals surface area contributed by atoms with Crippen molar-refractivity contribution >= 4 is 49.3 Å². The van der Waals surface area contributed by atoms with Gasteiger partial charge >= 0.3 is 37.7 Å². The van der Waals surface area contributed by atoms with Crippen molar-refractivity contribution in [3.8, 4) is 5.75 Å². The minimum atomic E-state index is -0.193. The molecule has 0 spiro atoms. The Morgan fingerprint density at radius 3 is 2.33 bits per heavy atom. The molecule has 0 atom stereocenters. The van der Waals surface area contributed by atoms with Crippen LogP contribution in [0.25, 0.3) is 0 Å². The first-order valence-electron chi connectivity index (χ1n) is 4.37. The van der Waals surface area contributed by atoms with E-state index < -0.39 is 0 Å². The Labute approximate surface area is 119 Å². The molecule has 4 heteroatoms. The van der Waals surface area contributed by atoms with Crippen LogP contribution in [0.4, 0.5) is 0 Å². The predicted molar refractivity (Wildman–Crippen MR) is 60.8 cm³/mol. The monoisotopic (exact) mass is 234 g/mol. The van der Waals surface area contributed by atoms with Gasteiger partial charge in [-0.3, -0.25) is 9.59 Å². The summed E-state index contributed by atoms with van der Waals surface area (Å²) in [6.07, 6.45) is -0.0488.